The van der Waals surface area contributed by atoms with Gasteiger partial charge in [0.2, 0.25) is 8.32 Å². The first-order valence-electron chi connectivity index (χ1n) is 9.17. The SMILES string of the molecule is CC(C)(C)[Si](C)(C)O/C=C(\OC(=O)OC1C=CCCC1)c1ccccc1. The van der Waals surface area contributed by atoms with E-state index in [2.05, 4.69) is 33.9 Å². The highest BCUT2D eigenvalue weighted by Gasteiger charge is 2.38. The maximum Gasteiger partial charge on any atom is 0.514 e. The van der Waals surface area contributed by atoms with Crippen LogP contribution in [0.5, 0.6) is 0 Å². The van der Waals surface area contributed by atoms with Crippen molar-refractivity contribution in [1.29, 1.82) is 0 Å². The summed E-state index contributed by atoms with van der Waals surface area (Å²) < 4.78 is 17.1. The Hall–Kier alpha value is -2.01. The highest BCUT2D eigenvalue weighted by Crippen LogP contribution is 2.37. The van der Waals surface area contributed by atoms with Crippen LogP contribution in [0.3, 0.4) is 0 Å². The summed E-state index contributed by atoms with van der Waals surface area (Å²) in [5, 5.41) is 0.0543. The second-order valence-corrected chi connectivity index (χ2v) is 12.9. The van der Waals surface area contributed by atoms with E-state index < -0.39 is 14.5 Å². The molecule has 0 saturated heterocycles. The highest BCUT2D eigenvalue weighted by molar-refractivity contribution is 6.74. The minimum Gasteiger partial charge on any atom is -0.546 e. The van der Waals surface area contributed by atoms with E-state index in [1.807, 2.05) is 42.5 Å². The molecule has 1 unspecified atom stereocenters. The zero-order valence-electron chi connectivity index (χ0n) is 16.5. The van der Waals surface area contributed by atoms with E-state index in [1.54, 1.807) is 6.26 Å². The fourth-order valence-electron chi connectivity index (χ4n) is 2.25. The van der Waals surface area contributed by atoms with Crippen LogP contribution in [0.2, 0.25) is 18.1 Å². The first-order valence-corrected chi connectivity index (χ1v) is 12.1. The number of ether oxygens (including phenoxy) is 2. The van der Waals surface area contributed by atoms with Crippen LogP contribution in [0.25, 0.3) is 5.76 Å². The van der Waals surface area contributed by atoms with Gasteiger partial charge in [0.25, 0.3) is 0 Å². The molecule has 0 radical (unpaired) electrons. The molecule has 1 atom stereocenters. The Morgan fingerprint density at radius 2 is 1.88 bits per heavy atom. The molecule has 1 aliphatic rings. The van der Waals surface area contributed by atoms with E-state index in [9.17, 15) is 4.79 Å². The molecule has 0 amide bonds. The van der Waals surface area contributed by atoms with Crippen molar-refractivity contribution in [3.8, 4) is 0 Å². The molecular formula is C21H30O4Si. The highest BCUT2D eigenvalue weighted by atomic mass is 28.4. The van der Waals surface area contributed by atoms with Gasteiger partial charge in [0, 0.05) is 5.56 Å². The van der Waals surface area contributed by atoms with E-state index in [0.29, 0.717) is 5.76 Å². The lowest BCUT2D eigenvalue weighted by Gasteiger charge is -2.35. The summed E-state index contributed by atoms with van der Waals surface area (Å²) in [6.07, 6.45) is 7.50. The van der Waals surface area contributed by atoms with Crippen molar-refractivity contribution < 1.29 is 18.7 Å². The van der Waals surface area contributed by atoms with Gasteiger partial charge in [-0.25, -0.2) is 4.79 Å². The van der Waals surface area contributed by atoms with Crippen molar-refractivity contribution in [3.05, 3.63) is 54.3 Å². The first kappa shape index (κ1) is 20.3. The predicted octanol–water partition coefficient (Wildman–Crippen LogP) is 6.27. The van der Waals surface area contributed by atoms with Gasteiger partial charge < -0.3 is 13.9 Å². The Kier molecular flexibility index (Phi) is 6.70. The van der Waals surface area contributed by atoms with Crippen molar-refractivity contribution in [2.24, 2.45) is 0 Å². The third kappa shape index (κ3) is 5.76. The first-order chi connectivity index (χ1) is 12.2. The average molecular weight is 375 g/mol. The molecule has 26 heavy (non-hydrogen) atoms. The van der Waals surface area contributed by atoms with Crippen molar-refractivity contribution in [3.63, 3.8) is 0 Å². The predicted molar refractivity (Wildman–Crippen MR) is 107 cm³/mol. The van der Waals surface area contributed by atoms with Gasteiger partial charge in [0.05, 0.1) is 0 Å². The lowest BCUT2D eigenvalue weighted by atomic mass is 10.1. The standard InChI is InChI=1S/C21H30O4Si/c1-21(2,3)26(4,5)23-16-19(17-12-8-6-9-13-17)25-20(22)24-18-14-10-7-11-15-18/h6,8-10,12-14,16,18H,7,11,15H2,1-5H3/b19-16-. The number of benzene rings is 1. The van der Waals surface area contributed by atoms with Crippen LogP contribution in [0.1, 0.15) is 45.6 Å². The van der Waals surface area contributed by atoms with Crippen LogP contribution >= 0.6 is 0 Å². The van der Waals surface area contributed by atoms with Crippen LogP contribution in [-0.4, -0.2) is 20.6 Å². The molecule has 2 rings (SSSR count). The molecule has 0 bridgehead atoms. The topological polar surface area (TPSA) is 44.8 Å². The zero-order chi connectivity index (χ0) is 19.2. The molecule has 1 aromatic carbocycles. The number of rotatable bonds is 5. The smallest absolute Gasteiger partial charge is 0.514 e. The molecule has 1 aromatic rings. The van der Waals surface area contributed by atoms with Gasteiger partial charge in [-0.2, -0.15) is 0 Å². The molecule has 4 nitrogen and oxygen atoms in total. The minimum atomic E-state index is -2.01. The molecule has 1 aliphatic carbocycles. The zero-order valence-corrected chi connectivity index (χ0v) is 17.5. The summed E-state index contributed by atoms with van der Waals surface area (Å²) in [5.41, 5.74) is 0.780. The van der Waals surface area contributed by atoms with Crippen LogP contribution in [0.15, 0.2) is 48.7 Å². The van der Waals surface area contributed by atoms with E-state index in [1.165, 1.54) is 0 Å². The monoisotopic (exact) mass is 374 g/mol. The van der Waals surface area contributed by atoms with E-state index >= 15 is 0 Å². The molecule has 0 saturated carbocycles. The van der Waals surface area contributed by atoms with Gasteiger partial charge in [0.1, 0.15) is 12.4 Å². The Labute approximate surface area is 158 Å². The third-order valence-electron chi connectivity index (χ3n) is 4.98. The Morgan fingerprint density at radius 3 is 2.46 bits per heavy atom. The van der Waals surface area contributed by atoms with Crippen LogP contribution in [0.4, 0.5) is 4.79 Å². The van der Waals surface area contributed by atoms with Gasteiger partial charge in [-0.3, -0.25) is 0 Å². The van der Waals surface area contributed by atoms with Gasteiger partial charge in [0.15, 0.2) is 5.76 Å². The van der Waals surface area contributed by atoms with Gasteiger partial charge in [-0.05, 0) is 43.5 Å². The number of carbonyl (C=O) groups is 1. The van der Waals surface area contributed by atoms with Crippen LogP contribution in [0, 0.1) is 0 Å². The van der Waals surface area contributed by atoms with Crippen LogP contribution < -0.4 is 0 Å². The quantitative estimate of drug-likeness (QED) is 0.264. The lowest BCUT2D eigenvalue weighted by molar-refractivity contribution is 0.0627. The fraction of sp³-hybridized carbons (Fsp3) is 0.476. The lowest BCUT2D eigenvalue weighted by Crippen LogP contribution is -2.39. The largest absolute Gasteiger partial charge is 0.546 e. The molecule has 142 valence electrons. The second kappa shape index (κ2) is 8.58. The fourth-order valence-corrected chi connectivity index (χ4v) is 3.00. The summed E-state index contributed by atoms with van der Waals surface area (Å²) in [6.45, 7) is 10.8. The Balaban J connectivity index is 2.14. The molecule has 0 heterocycles. The number of carbonyl (C=O) groups excluding carboxylic acids is 1. The van der Waals surface area contributed by atoms with E-state index in [-0.39, 0.29) is 11.1 Å². The number of hydrogen-bond donors (Lipinski definition) is 0. The number of allylic oxidation sites excluding steroid dienone is 1. The molecule has 0 spiro atoms. The molecule has 0 N–H and O–H groups in total. The molecule has 5 heteroatoms. The van der Waals surface area contributed by atoms with Gasteiger partial charge in [-0.15, -0.1) is 0 Å². The maximum absolute atomic E-state index is 12.3. The van der Waals surface area contributed by atoms with E-state index in [0.717, 1.165) is 24.8 Å². The Bertz CT molecular complexity index is 656. The van der Waals surface area contributed by atoms with E-state index in [4.69, 9.17) is 13.9 Å². The summed E-state index contributed by atoms with van der Waals surface area (Å²) in [4.78, 5) is 12.3. The number of hydrogen-bond acceptors (Lipinski definition) is 4. The maximum atomic E-state index is 12.3. The average Bonchev–Trinajstić information content (AvgIpc) is 2.59. The van der Waals surface area contributed by atoms with Crippen molar-refractivity contribution >= 4 is 20.2 Å². The summed E-state index contributed by atoms with van der Waals surface area (Å²) in [7, 11) is -2.01. The van der Waals surface area contributed by atoms with Crippen molar-refractivity contribution in [2.45, 2.75) is 64.3 Å². The molecule has 0 aliphatic heterocycles. The van der Waals surface area contributed by atoms with Gasteiger partial charge in [-0.1, -0.05) is 57.2 Å². The second-order valence-electron chi connectivity index (χ2n) is 8.09. The Morgan fingerprint density at radius 1 is 1.19 bits per heavy atom. The van der Waals surface area contributed by atoms with Crippen molar-refractivity contribution in [1.82, 2.24) is 0 Å². The summed E-state index contributed by atoms with van der Waals surface area (Å²) >= 11 is 0. The summed E-state index contributed by atoms with van der Waals surface area (Å²) in [5.74, 6) is 0.375. The summed E-state index contributed by atoms with van der Waals surface area (Å²) in [6, 6.07) is 9.48. The normalized spacial score (nSPS) is 18.3. The van der Waals surface area contributed by atoms with Crippen LogP contribution in [-0.2, 0) is 13.9 Å². The minimum absolute atomic E-state index is 0.0543. The molecule has 0 aromatic heterocycles. The van der Waals surface area contributed by atoms with Gasteiger partial charge >= 0.3 is 6.16 Å². The van der Waals surface area contributed by atoms with Crippen molar-refractivity contribution in [2.75, 3.05) is 0 Å². The molecular weight excluding hydrogens is 344 g/mol. The third-order valence-corrected chi connectivity index (χ3v) is 9.30. The molecule has 0 fully saturated rings.